The van der Waals surface area contributed by atoms with Crippen LogP contribution < -0.4 is 25.8 Å². The third-order valence-electron chi connectivity index (χ3n) is 11.3. The van der Waals surface area contributed by atoms with Crippen molar-refractivity contribution in [2.45, 2.75) is 76.2 Å². The molecule has 17 heteroatoms. The lowest BCUT2D eigenvalue weighted by Crippen LogP contribution is -2.49. The third-order valence-corrected chi connectivity index (χ3v) is 11.3. The van der Waals surface area contributed by atoms with Crippen molar-refractivity contribution in [3.8, 4) is 5.75 Å². The number of imidazole rings is 1. The molecule has 300 valence electrons. The fourth-order valence-electron chi connectivity index (χ4n) is 8.53. The summed E-state index contributed by atoms with van der Waals surface area (Å²) in [5.74, 6) is -5.29. The Bertz CT molecular complexity index is 2430. The van der Waals surface area contributed by atoms with E-state index in [-0.39, 0.29) is 60.0 Å². The fraction of sp³-hybridized carbons (Fsp3) is 0.450. The fourth-order valence-corrected chi connectivity index (χ4v) is 8.53. The lowest BCUT2D eigenvalue weighted by atomic mass is 9.79. The maximum Gasteiger partial charge on any atom is 0.329 e. The van der Waals surface area contributed by atoms with Gasteiger partial charge in [-0.3, -0.25) is 34.2 Å². The number of H-pyrrole nitrogens is 1. The standard InChI is InChI=1S/C40H44F3N9O5/c1-22(2)57-33-17-34-45-31(20-51(34)19-27(33)37(54)46-30-5-4-12-44-38(30)55)24-8-6-23(7-9-24)18-50-13-10-28(40(42,43)21-50)25-16-32-26(15-29(25)41)36(48-49(32)3)52-14-11-35(53)47-39(52)56/h4-5,12,15-17,19-20,22-24,28H,6-11,13-14,18,21H2,1-3H3,(H,44,55)(H,46,54)(H,47,53,56). The largest absolute Gasteiger partial charge is 0.490 e. The second-order valence-electron chi connectivity index (χ2n) is 15.7. The highest BCUT2D eigenvalue weighted by Gasteiger charge is 2.47. The number of amides is 4. The number of carbonyl (C=O) groups is 3. The van der Waals surface area contributed by atoms with E-state index in [9.17, 15) is 19.2 Å². The van der Waals surface area contributed by atoms with Gasteiger partial charge >= 0.3 is 6.03 Å². The molecular formula is C40H44F3N9O5. The first-order chi connectivity index (χ1) is 27.2. The predicted octanol–water partition coefficient (Wildman–Crippen LogP) is 5.93. The summed E-state index contributed by atoms with van der Waals surface area (Å²) in [6, 6.07) is 6.79. The van der Waals surface area contributed by atoms with Gasteiger partial charge in [0, 0.05) is 62.5 Å². The lowest BCUT2D eigenvalue weighted by molar-refractivity contribution is -0.120. The number of imide groups is 1. The van der Waals surface area contributed by atoms with Gasteiger partial charge in [-0.1, -0.05) is 0 Å². The van der Waals surface area contributed by atoms with Crippen LogP contribution in [0.25, 0.3) is 16.6 Å². The topological polar surface area (TPSA) is 159 Å². The zero-order valence-electron chi connectivity index (χ0n) is 31.9. The van der Waals surface area contributed by atoms with E-state index in [0.717, 1.165) is 31.4 Å². The number of halogens is 3. The number of rotatable bonds is 9. The number of urea groups is 1. The molecule has 2 saturated heterocycles. The van der Waals surface area contributed by atoms with Crippen LogP contribution in [0.1, 0.15) is 85.8 Å². The molecule has 0 bridgehead atoms. The number of alkyl halides is 2. The molecule has 8 rings (SSSR count). The van der Waals surface area contributed by atoms with Crippen LogP contribution in [0.5, 0.6) is 5.75 Å². The minimum absolute atomic E-state index is 0.0689. The van der Waals surface area contributed by atoms with Crippen molar-refractivity contribution in [1.82, 2.24) is 34.4 Å². The average molecular weight is 788 g/mol. The zero-order chi connectivity index (χ0) is 40.2. The van der Waals surface area contributed by atoms with Gasteiger partial charge in [0.05, 0.1) is 35.3 Å². The number of aromatic nitrogens is 5. The van der Waals surface area contributed by atoms with E-state index in [1.807, 2.05) is 20.0 Å². The summed E-state index contributed by atoms with van der Waals surface area (Å²) in [7, 11) is 1.61. The van der Waals surface area contributed by atoms with Gasteiger partial charge in [0.25, 0.3) is 17.4 Å². The summed E-state index contributed by atoms with van der Waals surface area (Å²) < 4.78 is 56.8. The SMILES string of the molecule is CC(C)Oc1cc2nc(C3CCC(CN4CCC(c5cc6c(cc5F)c(N5CCC(=O)NC5=O)nn6C)C(F)(F)C4)CC3)cn2cc1C(=O)Nc1ccc[nH]c1=O. The van der Waals surface area contributed by atoms with Crippen LogP contribution in [0.15, 0.2) is 53.7 Å². The Labute approximate surface area is 325 Å². The maximum absolute atomic E-state index is 15.9. The molecule has 57 heavy (non-hydrogen) atoms. The van der Waals surface area contributed by atoms with E-state index in [4.69, 9.17) is 9.72 Å². The molecule has 3 N–H and O–H groups in total. The second kappa shape index (κ2) is 15.0. The van der Waals surface area contributed by atoms with Gasteiger partial charge in [-0.05, 0) is 88.2 Å². The Morgan fingerprint density at radius 2 is 1.86 bits per heavy atom. The number of carbonyl (C=O) groups excluding carboxylic acids is 3. The Morgan fingerprint density at radius 1 is 1.07 bits per heavy atom. The van der Waals surface area contributed by atoms with Crippen molar-refractivity contribution in [1.29, 1.82) is 0 Å². The third kappa shape index (κ3) is 7.59. The Kier molecular flexibility index (Phi) is 10.0. The molecule has 0 spiro atoms. The summed E-state index contributed by atoms with van der Waals surface area (Å²) in [4.78, 5) is 60.1. The number of piperidine rings is 1. The average Bonchev–Trinajstić information content (AvgIpc) is 3.71. The number of hydrogen-bond acceptors (Lipinski definition) is 8. The Morgan fingerprint density at radius 3 is 2.58 bits per heavy atom. The van der Waals surface area contributed by atoms with Crippen molar-refractivity contribution in [2.24, 2.45) is 13.0 Å². The molecule has 3 aliphatic rings. The monoisotopic (exact) mass is 787 g/mol. The number of ether oxygens (including phenoxy) is 1. The predicted molar refractivity (Wildman–Crippen MR) is 206 cm³/mol. The molecule has 6 heterocycles. The number of fused-ring (bicyclic) bond motifs is 2. The van der Waals surface area contributed by atoms with Crippen LogP contribution in [0.4, 0.5) is 29.5 Å². The molecule has 1 unspecified atom stereocenters. The molecule has 3 fully saturated rings. The number of hydrogen-bond donors (Lipinski definition) is 3. The highest BCUT2D eigenvalue weighted by Crippen LogP contribution is 2.44. The number of nitrogens with zero attached hydrogens (tertiary/aromatic N) is 6. The van der Waals surface area contributed by atoms with Gasteiger partial charge < -0.3 is 19.4 Å². The number of pyridine rings is 2. The first kappa shape index (κ1) is 38.2. The van der Waals surface area contributed by atoms with Crippen LogP contribution in [0, 0.1) is 11.7 Å². The Hall–Kier alpha value is -5.71. The minimum atomic E-state index is -3.18. The molecule has 1 aromatic carbocycles. The van der Waals surface area contributed by atoms with Gasteiger partial charge in [-0.2, -0.15) is 5.10 Å². The summed E-state index contributed by atoms with van der Waals surface area (Å²) in [5.41, 5.74) is 1.79. The Balaban J connectivity index is 0.910. The van der Waals surface area contributed by atoms with E-state index in [0.29, 0.717) is 35.4 Å². The highest BCUT2D eigenvalue weighted by atomic mass is 19.3. The molecule has 4 aromatic heterocycles. The smallest absolute Gasteiger partial charge is 0.329 e. The summed E-state index contributed by atoms with van der Waals surface area (Å²) in [6.45, 7) is 4.24. The van der Waals surface area contributed by atoms with Gasteiger partial charge in [0.15, 0.2) is 5.82 Å². The number of nitrogens with one attached hydrogen (secondary N) is 3. The number of aryl methyl sites for hydroxylation is 1. The number of anilines is 2. The van der Waals surface area contributed by atoms with Crippen molar-refractivity contribution < 1.29 is 32.3 Å². The van der Waals surface area contributed by atoms with Crippen molar-refractivity contribution in [2.75, 3.05) is 36.4 Å². The van der Waals surface area contributed by atoms with E-state index in [2.05, 4.69) is 20.7 Å². The van der Waals surface area contributed by atoms with Crippen molar-refractivity contribution in [3.05, 3.63) is 81.9 Å². The van der Waals surface area contributed by atoms with Crippen LogP contribution in [0.2, 0.25) is 0 Å². The maximum atomic E-state index is 15.9. The number of benzene rings is 1. The van der Waals surface area contributed by atoms with Gasteiger partial charge in [-0.15, -0.1) is 0 Å². The van der Waals surface area contributed by atoms with Crippen molar-refractivity contribution in [3.63, 3.8) is 0 Å². The van der Waals surface area contributed by atoms with Crippen molar-refractivity contribution >= 4 is 45.9 Å². The molecule has 5 aromatic rings. The number of likely N-dealkylation sites (tertiary alicyclic amines) is 1. The van der Waals surface area contributed by atoms with Crippen LogP contribution in [0.3, 0.4) is 0 Å². The zero-order valence-corrected chi connectivity index (χ0v) is 31.9. The summed E-state index contributed by atoms with van der Waals surface area (Å²) in [5, 5.41) is 9.58. The quantitative estimate of drug-likeness (QED) is 0.166. The first-order valence-corrected chi connectivity index (χ1v) is 19.3. The molecule has 1 aliphatic carbocycles. The van der Waals surface area contributed by atoms with Gasteiger partial charge in [-0.25, -0.2) is 22.9 Å². The van der Waals surface area contributed by atoms with E-state index >= 15 is 13.2 Å². The normalized spacial score (nSPS) is 21.7. The van der Waals surface area contributed by atoms with E-state index < -0.39 is 47.6 Å². The second-order valence-corrected chi connectivity index (χ2v) is 15.7. The summed E-state index contributed by atoms with van der Waals surface area (Å²) in [6.07, 6.45) is 8.31. The lowest BCUT2D eigenvalue weighted by Gasteiger charge is -2.41. The molecule has 2 aliphatic heterocycles. The molecule has 14 nitrogen and oxygen atoms in total. The highest BCUT2D eigenvalue weighted by molar-refractivity contribution is 6.09. The molecule has 4 amide bonds. The first-order valence-electron chi connectivity index (χ1n) is 19.3. The molecule has 1 atom stereocenters. The van der Waals surface area contributed by atoms with E-state index in [1.165, 1.54) is 34.0 Å². The van der Waals surface area contributed by atoms with Crippen LogP contribution in [-0.2, 0) is 11.8 Å². The molecular weight excluding hydrogens is 743 g/mol. The van der Waals surface area contributed by atoms with E-state index in [1.54, 1.807) is 34.7 Å². The number of aromatic amines is 1. The molecule has 1 saturated carbocycles. The van der Waals surface area contributed by atoms with Crippen LogP contribution >= 0.6 is 0 Å². The summed E-state index contributed by atoms with van der Waals surface area (Å²) >= 11 is 0. The van der Waals surface area contributed by atoms with Gasteiger partial charge in [0.2, 0.25) is 5.91 Å². The minimum Gasteiger partial charge on any atom is -0.490 e. The molecule has 0 radical (unpaired) electrons. The van der Waals surface area contributed by atoms with Crippen LogP contribution in [-0.4, -0.2) is 85.1 Å². The van der Waals surface area contributed by atoms with Gasteiger partial charge in [0.1, 0.15) is 22.9 Å².